The number of carbonyl (C=O) groups excluding carboxylic acids is 4. The van der Waals surface area contributed by atoms with E-state index in [0.29, 0.717) is 30.6 Å². The van der Waals surface area contributed by atoms with Gasteiger partial charge in [-0.25, -0.2) is 8.42 Å². The second kappa shape index (κ2) is 19.4. The van der Waals surface area contributed by atoms with Crippen LogP contribution in [-0.2, 0) is 38.7 Å². The fourth-order valence-corrected chi connectivity index (χ4v) is 10.9. The lowest BCUT2D eigenvalue weighted by Crippen LogP contribution is -2.48. The Morgan fingerprint density at radius 2 is 1.16 bits per heavy atom. The van der Waals surface area contributed by atoms with Crippen LogP contribution in [-0.4, -0.2) is 49.5 Å². The van der Waals surface area contributed by atoms with Crippen molar-refractivity contribution < 1.29 is 37.1 Å². The van der Waals surface area contributed by atoms with Crippen LogP contribution in [0.1, 0.15) is 208 Å². The molecule has 0 saturated heterocycles. The van der Waals surface area contributed by atoms with E-state index in [4.69, 9.17) is 9.47 Å². The van der Waals surface area contributed by atoms with Gasteiger partial charge >= 0.3 is 11.9 Å². The molecule has 2 bridgehead atoms. The zero-order valence-electron chi connectivity index (χ0n) is 40.2. The molecule has 2 atom stereocenters. The van der Waals surface area contributed by atoms with Crippen molar-refractivity contribution in [3.8, 4) is 0 Å². The minimum absolute atomic E-state index is 0.0239. The topological polar surface area (TPSA) is 133 Å². The van der Waals surface area contributed by atoms with Crippen LogP contribution >= 0.6 is 0 Å². The summed E-state index contributed by atoms with van der Waals surface area (Å²) in [6.07, 6.45) is 13.7. The van der Waals surface area contributed by atoms with E-state index in [1.54, 1.807) is 13.8 Å². The number of ketones is 1. The zero-order chi connectivity index (χ0) is 44.9. The van der Waals surface area contributed by atoms with E-state index in [-0.39, 0.29) is 57.3 Å². The minimum Gasteiger partial charge on any atom is -0.462 e. The van der Waals surface area contributed by atoms with Crippen molar-refractivity contribution in [1.82, 2.24) is 4.72 Å². The molecule has 4 aliphatic carbocycles. The summed E-state index contributed by atoms with van der Waals surface area (Å²) in [4.78, 5) is 48.8. The van der Waals surface area contributed by atoms with Gasteiger partial charge in [0.1, 0.15) is 17.5 Å². The molecule has 0 radical (unpaired) electrons. The number of rotatable bonds is 12. The van der Waals surface area contributed by atoms with Crippen molar-refractivity contribution in [2.45, 2.75) is 219 Å². The summed E-state index contributed by atoms with van der Waals surface area (Å²) >= 11 is 0. The lowest BCUT2D eigenvalue weighted by Gasteiger charge is -2.39. The average molecular weight is 838 g/mol. The second-order valence-corrected chi connectivity index (χ2v) is 24.5. The van der Waals surface area contributed by atoms with Crippen molar-refractivity contribution in [1.29, 1.82) is 0 Å². The summed E-state index contributed by atoms with van der Waals surface area (Å²) in [5.41, 5.74) is -2.51. The zero-order valence-corrected chi connectivity index (χ0v) is 41.0. The summed E-state index contributed by atoms with van der Waals surface area (Å²) in [5, 5.41) is 0. The number of fused-ring (bicyclic) bond motifs is 2. The summed E-state index contributed by atoms with van der Waals surface area (Å²) in [6, 6.07) is 0. The van der Waals surface area contributed by atoms with Crippen molar-refractivity contribution >= 4 is 33.7 Å². The first kappa shape index (κ1) is 52.2. The van der Waals surface area contributed by atoms with Crippen LogP contribution < -0.4 is 4.72 Å². The Labute approximate surface area is 355 Å². The third-order valence-electron chi connectivity index (χ3n) is 15.7. The average Bonchev–Trinajstić information content (AvgIpc) is 3.46. The largest absolute Gasteiger partial charge is 0.462 e. The molecular weight excluding hydrogens is 751 g/mol. The molecule has 0 heterocycles. The molecule has 0 aromatic heterocycles. The number of ether oxygens (including phenoxy) is 2. The molecule has 338 valence electrons. The van der Waals surface area contributed by atoms with E-state index in [1.165, 1.54) is 38.5 Å². The van der Waals surface area contributed by atoms with Crippen molar-refractivity contribution in [2.75, 3.05) is 5.75 Å². The van der Waals surface area contributed by atoms with Crippen LogP contribution in [0.25, 0.3) is 0 Å². The number of hydrogen-bond acceptors (Lipinski definition) is 8. The monoisotopic (exact) mass is 838 g/mol. The van der Waals surface area contributed by atoms with Gasteiger partial charge in [-0.2, -0.15) is 0 Å². The molecule has 2 unspecified atom stereocenters. The SMILES string of the molecule is CCC(C)(C)C(=O)NS(=O)(=O)CC12CCC(CC1=O)C2(C)C.CCC(C)(C)C(=O)OC(C)(C)C1CCC(C)CC1.CCC(C)(C)C(=O)OC1CCC(C(C)(C)C)CC1. The van der Waals surface area contributed by atoms with E-state index in [1.807, 2.05) is 62.3 Å². The van der Waals surface area contributed by atoms with Gasteiger partial charge in [-0.1, -0.05) is 89.0 Å². The van der Waals surface area contributed by atoms with Crippen LogP contribution in [0.15, 0.2) is 0 Å². The van der Waals surface area contributed by atoms with Crippen LogP contribution in [0.4, 0.5) is 0 Å². The lowest BCUT2D eigenvalue weighted by molar-refractivity contribution is -0.174. The molecule has 4 aliphatic rings. The predicted octanol–water partition coefficient (Wildman–Crippen LogP) is 11.4. The predicted molar refractivity (Wildman–Crippen MR) is 235 cm³/mol. The highest BCUT2D eigenvalue weighted by Gasteiger charge is 2.65. The van der Waals surface area contributed by atoms with E-state index in [0.717, 1.165) is 43.9 Å². The smallest absolute Gasteiger partial charge is 0.312 e. The molecule has 0 aliphatic heterocycles. The summed E-state index contributed by atoms with van der Waals surface area (Å²) in [5.74, 6) is 1.59. The van der Waals surface area contributed by atoms with E-state index in [2.05, 4.69) is 46.3 Å². The lowest BCUT2D eigenvalue weighted by atomic mass is 9.70. The summed E-state index contributed by atoms with van der Waals surface area (Å²) < 4.78 is 38.7. The van der Waals surface area contributed by atoms with Crippen LogP contribution in [0, 0.1) is 56.2 Å². The normalized spacial score (nSPS) is 27.7. The van der Waals surface area contributed by atoms with Crippen molar-refractivity contribution in [3.63, 3.8) is 0 Å². The van der Waals surface area contributed by atoms with Crippen LogP contribution in [0.2, 0.25) is 0 Å². The van der Waals surface area contributed by atoms with E-state index >= 15 is 0 Å². The molecule has 58 heavy (non-hydrogen) atoms. The highest BCUT2D eigenvalue weighted by atomic mass is 32.2. The number of hydrogen-bond donors (Lipinski definition) is 1. The molecular formula is C48H87NO8S. The Hall–Kier alpha value is -1.97. The minimum atomic E-state index is -3.83. The van der Waals surface area contributed by atoms with Crippen LogP contribution in [0.5, 0.6) is 0 Å². The van der Waals surface area contributed by atoms with Gasteiger partial charge in [-0.15, -0.1) is 0 Å². The van der Waals surface area contributed by atoms with Gasteiger partial charge in [0.25, 0.3) is 0 Å². The van der Waals surface area contributed by atoms with Gasteiger partial charge in [0.2, 0.25) is 15.9 Å². The van der Waals surface area contributed by atoms with Gasteiger partial charge in [0.05, 0.1) is 22.0 Å². The molecule has 4 rings (SSSR count). The fraction of sp³-hybridized carbons (Fsp3) is 0.917. The van der Waals surface area contributed by atoms with Gasteiger partial charge < -0.3 is 9.47 Å². The Kier molecular flexibility index (Phi) is 17.4. The molecule has 0 aromatic carbocycles. The van der Waals surface area contributed by atoms with Crippen LogP contribution in [0.3, 0.4) is 0 Å². The summed E-state index contributed by atoms with van der Waals surface area (Å²) in [7, 11) is -3.83. The Morgan fingerprint density at radius 1 is 0.690 bits per heavy atom. The second-order valence-electron chi connectivity index (χ2n) is 22.8. The Balaban J connectivity index is 0.000000303. The first-order valence-corrected chi connectivity index (χ1v) is 24.4. The third kappa shape index (κ3) is 13.0. The first-order chi connectivity index (χ1) is 26.2. The molecule has 0 spiro atoms. The maximum Gasteiger partial charge on any atom is 0.312 e. The molecule has 0 aromatic rings. The highest BCUT2D eigenvalue weighted by Crippen LogP contribution is 2.64. The molecule has 4 saturated carbocycles. The standard InChI is InChI=1S/C16H27NO4S.2C16H30O2/c1-6-14(2,3)13(19)17-22(20,21)10-16-8-7-11(9-12(16)18)15(16,4)5;1-7-16(5,6)14(17)18-13-10-8-12(9-11-13)15(2,3)4;1-7-15(3,4)14(17)18-16(5,6)13-10-8-12(2)9-11-13/h11H,6-10H2,1-5H3,(H,17,19);2*12-13H,7-11H2,1-6H3. The van der Waals surface area contributed by atoms with Gasteiger partial charge in [-0.3, -0.25) is 23.9 Å². The third-order valence-corrected chi connectivity index (χ3v) is 17.1. The molecule has 9 nitrogen and oxygen atoms in total. The fourth-order valence-electron chi connectivity index (χ4n) is 8.97. The molecule has 4 fully saturated rings. The number of Topliss-reactive ketones (excluding diaryl/α,β-unsaturated/α-hetero) is 1. The number of sulfonamides is 1. The first-order valence-electron chi connectivity index (χ1n) is 22.8. The number of esters is 2. The Morgan fingerprint density at radius 3 is 1.57 bits per heavy atom. The Bertz CT molecular complexity index is 1520. The van der Waals surface area contributed by atoms with Gasteiger partial charge in [0.15, 0.2) is 0 Å². The van der Waals surface area contributed by atoms with Gasteiger partial charge in [-0.05, 0) is 147 Å². The quantitative estimate of drug-likeness (QED) is 0.192. The number of nitrogens with one attached hydrogen (secondary N) is 1. The summed E-state index contributed by atoms with van der Waals surface area (Å²) in [6.45, 7) is 34.6. The molecule has 1 N–H and O–H groups in total. The highest BCUT2D eigenvalue weighted by molar-refractivity contribution is 7.90. The van der Waals surface area contributed by atoms with E-state index < -0.39 is 26.8 Å². The number of carbonyl (C=O) groups is 4. The molecule has 10 heteroatoms. The molecule has 1 amide bonds. The van der Waals surface area contributed by atoms with Gasteiger partial charge in [0, 0.05) is 11.8 Å². The maximum atomic E-state index is 12.5. The van der Waals surface area contributed by atoms with E-state index in [9.17, 15) is 27.6 Å². The van der Waals surface area contributed by atoms with Crippen molar-refractivity contribution in [2.24, 2.45) is 56.2 Å². The maximum absolute atomic E-state index is 12.5. The number of amides is 1. The van der Waals surface area contributed by atoms with Crippen molar-refractivity contribution in [3.05, 3.63) is 0 Å².